The van der Waals surface area contributed by atoms with Gasteiger partial charge in [0.15, 0.2) is 0 Å². The highest BCUT2D eigenvalue weighted by atomic mass is 32.2. The molecule has 0 radical (unpaired) electrons. The highest BCUT2D eigenvalue weighted by molar-refractivity contribution is 7.89. The van der Waals surface area contributed by atoms with E-state index in [2.05, 4.69) is 19.8 Å². The number of hydrogen-bond acceptors (Lipinski definition) is 5. The number of aromatic amines is 1. The molecule has 2 heterocycles. The van der Waals surface area contributed by atoms with Crippen LogP contribution in [0.15, 0.2) is 29.7 Å². The molecule has 0 aliphatic rings. The molecule has 21 heavy (non-hydrogen) atoms. The lowest BCUT2D eigenvalue weighted by atomic mass is 10.3. The Labute approximate surface area is 123 Å². The first-order chi connectivity index (χ1) is 10.1. The van der Waals surface area contributed by atoms with Gasteiger partial charge >= 0.3 is 0 Å². The van der Waals surface area contributed by atoms with Crippen molar-refractivity contribution >= 4 is 10.0 Å². The van der Waals surface area contributed by atoms with E-state index in [1.54, 1.807) is 12.4 Å². The Morgan fingerprint density at radius 1 is 1.38 bits per heavy atom. The van der Waals surface area contributed by atoms with Gasteiger partial charge in [-0.25, -0.2) is 18.1 Å². The second kappa shape index (κ2) is 7.34. The number of hydrogen-bond donors (Lipinski definition) is 3. The highest BCUT2D eigenvalue weighted by Crippen LogP contribution is 2.07. The largest absolute Gasteiger partial charge is 0.396 e. The highest BCUT2D eigenvalue weighted by Gasteiger charge is 2.15. The number of nitrogens with zero attached hydrogens (tertiary/aromatic N) is 3. The third kappa shape index (κ3) is 4.66. The second-order valence-corrected chi connectivity index (χ2v) is 6.32. The molecule has 0 bridgehead atoms. The molecule has 8 nitrogen and oxygen atoms in total. The molecule has 0 atom stereocenters. The standard InChI is InChI=1S/C12H19N5O3S/c18-8-2-7-17-10-11(9-15-17)21(19,20)16-4-1-3-12-13-5-6-14-12/h5-6,9-10,16,18H,1-4,7-8H2,(H,13,14). The molecule has 0 aromatic carbocycles. The molecule has 9 heteroatoms. The van der Waals surface area contributed by atoms with E-state index >= 15 is 0 Å². The van der Waals surface area contributed by atoms with Crippen molar-refractivity contribution in [3.8, 4) is 0 Å². The molecule has 3 N–H and O–H groups in total. The van der Waals surface area contributed by atoms with Crippen LogP contribution in [0, 0.1) is 0 Å². The Morgan fingerprint density at radius 2 is 2.24 bits per heavy atom. The van der Waals surface area contributed by atoms with Crippen LogP contribution < -0.4 is 4.72 Å². The van der Waals surface area contributed by atoms with Gasteiger partial charge in [-0.15, -0.1) is 0 Å². The van der Waals surface area contributed by atoms with Crippen molar-refractivity contribution in [2.75, 3.05) is 13.2 Å². The van der Waals surface area contributed by atoms with Crippen molar-refractivity contribution in [3.63, 3.8) is 0 Å². The zero-order valence-corrected chi connectivity index (χ0v) is 12.4. The number of aliphatic hydroxyl groups is 1. The summed E-state index contributed by atoms with van der Waals surface area (Å²) in [6, 6.07) is 0. The van der Waals surface area contributed by atoms with E-state index in [9.17, 15) is 8.42 Å². The van der Waals surface area contributed by atoms with E-state index < -0.39 is 10.0 Å². The Kier molecular flexibility index (Phi) is 5.48. The summed E-state index contributed by atoms with van der Waals surface area (Å²) in [6.45, 7) is 0.877. The number of rotatable bonds is 9. The third-order valence-electron chi connectivity index (χ3n) is 2.90. The molecule has 0 saturated carbocycles. The van der Waals surface area contributed by atoms with E-state index in [0.717, 1.165) is 5.82 Å². The third-order valence-corrected chi connectivity index (χ3v) is 4.32. The molecule has 0 unspecified atom stereocenters. The summed E-state index contributed by atoms with van der Waals surface area (Å²) in [7, 11) is -3.53. The Morgan fingerprint density at radius 3 is 2.95 bits per heavy atom. The normalized spacial score (nSPS) is 11.9. The molecule has 116 valence electrons. The molecule has 0 fully saturated rings. The van der Waals surface area contributed by atoms with Gasteiger partial charge in [0.05, 0.1) is 6.20 Å². The first kappa shape index (κ1) is 15.7. The van der Waals surface area contributed by atoms with Crippen LogP contribution >= 0.6 is 0 Å². The van der Waals surface area contributed by atoms with Crippen LogP contribution in [-0.4, -0.2) is 46.4 Å². The summed E-state index contributed by atoms with van der Waals surface area (Å²) >= 11 is 0. The maximum Gasteiger partial charge on any atom is 0.243 e. The van der Waals surface area contributed by atoms with Gasteiger partial charge in [-0.1, -0.05) is 0 Å². The summed E-state index contributed by atoms with van der Waals surface area (Å²) in [4.78, 5) is 7.18. The topological polar surface area (TPSA) is 113 Å². The van der Waals surface area contributed by atoms with Crippen molar-refractivity contribution < 1.29 is 13.5 Å². The lowest BCUT2D eigenvalue weighted by Gasteiger charge is -2.03. The zero-order chi connectivity index (χ0) is 15.1. The average Bonchev–Trinajstić information content (AvgIpc) is 3.13. The quantitative estimate of drug-likeness (QED) is 0.560. The molecule has 0 aliphatic heterocycles. The van der Waals surface area contributed by atoms with Crippen LogP contribution in [0.4, 0.5) is 0 Å². The maximum atomic E-state index is 12.0. The van der Waals surface area contributed by atoms with Crippen molar-refractivity contribution in [1.29, 1.82) is 0 Å². The average molecular weight is 313 g/mol. The first-order valence-electron chi connectivity index (χ1n) is 6.73. The lowest BCUT2D eigenvalue weighted by Crippen LogP contribution is -2.25. The SMILES string of the molecule is O=S(=O)(NCCCc1ncc[nH]1)c1cnn(CCCO)c1. The number of aryl methyl sites for hydroxylation is 2. The Balaban J connectivity index is 1.82. The predicted octanol–water partition coefficient (Wildman–Crippen LogP) is -0.100. The number of imidazole rings is 1. The predicted molar refractivity (Wildman–Crippen MR) is 76.0 cm³/mol. The zero-order valence-electron chi connectivity index (χ0n) is 11.6. The van der Waals surface area contributed by atoms with Crippen LogP contribution in [0.25, 0.3) is 0 Å². The lowest BCUT2D eigenvalue weighted by molar-refractivity contribution is 0.277. The van der Waals surface area contributed by atoms with E-state index in [1.807, 2.05) is 0 Å². The number of H-pyrrole nitrogens is 1. The molecule has 0 saturated heterocycles. The fourth-order valence-corrected chi connectivity index (χ4v) is 2.84. The fourth-order valence-electron chi connectivity index (χ4n) is 1.82. The monoisotopic (exact) mass is 313 g/mol. The van der Waals surface area contributed by atoms with Crippen LogP contribution in [-0.2, 0) is 23.0 Å². The van der Waals surface area contributed by atoms with E-state index in [0.29, 0.717) is 32.4 Å². The van der Waals surface area contributed by atoms with Crippen LogP contribution in [0.3, 0.4) is 0 Å². The van der Waals surface area contributed by atoms with Gasteiger partial charge in [0.1, 0.15) is 10.7 Å². The van der Waals surface area contributed by atoms with E-state index in [4.69, 9.17) is 5.11 Å². The Hall–Kier alpha value is -1.71. The van der Waals surface area contributed by atoms with Gasteiger partial charge in [-0.3, -0.25) is 4.68 Å². The number of aromatic nitrogens is 4. The first-order valence-corrected chi connectivity index (χ1v) is 8.21. The molecular formula is C12H19N5O3S. The van der Waals surface area contributed by atoms with Gasteiger partial charge in [-0.2, -0.15) is 5.10 Å². The molecule has 2 rings (SSSR count). The van der Waals surface area contributed by atoms with Crippen molar-refractivity contribution in [2.45, 2.75) is 30.7 Å². The summed E-state index contributed by atoms with van der Waals surface area (Å²) < 4.78 is 28.1. The summed E-state index contributed by atoms with van der Waals surface area (Å²) in [5, 5.41) is 12.7. The van der Waals surface area contributed by atoms with Gasteiger partial charge in [-0.05, 0) is 12.8 Å². The van der Waals surface area contributed by atoms with E-state index in [1.165, 1.54) is 17.1 Å². The summed E-state index contributed by atoms with van der Waals surface area (Å²) in [5.41, 5.74) is 0. The minimum absolute atomic E-state index is 0.0486. The van der Waals surface area contributed by atoms with Crippen molar-refractivity contribution in [1.82, 2.24) is 24.5 Å². The molecule has 0 amide bonds. The van der Waals surface area contributed by atoms with Gasteiger partial charge in [0.2, 0.25) is 10.0 Å². The van der Waals surface area contributed by atoms with Crippen molar-refractivity contribution in [2.24, 2.45) is 0 Å². The fraction of sp³-hybridized carbons (Fsp3) is 0.500. The van der Waals surface area contributed by atoms with Crippen LogP contribution in [0.5, 0.6) is 0 Å². The molecular weight excluding hydrogens is 294 g/mol. The molecule has 2 aromatic heterocycles. The molecule has 0 spiro atoms. The number of nitrogens with one attached hydrogen (secondary N) is 2. The maximum absolute atomic E-state index is 12.0. The molecule has 2 aromatic rings. The van der Waals surface area contributed by atoms with Gasteiger partial charge < -0.3 is 10.1 Å². The smallest absolute Gasteiger partial charge is 0.243 e. The van der Waals surface area contributed by atoms with Crippen LogP contribution in [0.2, 0.25) is 0 Å². The number of aliphatic hydroxyl groups excluding tert-OH is 1. The summed E-state index contributed by atoms with van der Waals surface area (Å²) in [5.74, 6) is 0.839. The van der Waals surface area contributed by atoms with Gasteiger partial charge in [0, 0.05) is 44.7 Å². The summed E-state index contributed by atoms with van der Waals surface area (Å²) in [6.07, 6.45) is 8.06. The van der Waals surface area contributed by atoms with E-state index in [-0.39, 0.29) is 11.5 Å². The second-order valence-electron chi connectivity index (χ2n) is 4.55. The number of sulfonamides is 1. The van der Waals surface area contributed by atoms with Crippen LogP contribution in [0.1, 0.15) is 18.7 Å². The van der Waals surface area contributed by atoms with Gasteiger partial charge in [0.25, 0.3) is 0 Å². The minimum Gasteiger partial charge on any atom is -0.396 e. The van der Waals surface area contributed by atoms with Crippen molar-refractivity contribution in [3.05, 3.63) is 30.6 Å². The Bertz CT molecular complexity index is 636. The minimum atomic E-state index is -3.53. The molecule has 0 aliphatic carbocycles.